The van der Waals surface area contributed by atoms with Crippen LogP contribution in [0.2, 0.25) is 0 Å². The molecule has 1 saturated heterocycles. The Labute approximate surface area is 163 Å². The molecule has 1 atom stereocenters. The van der Waals surface area contributed by atoms with Gasteiger partial charge in [0.1, 0.15) is 23.7 Å². The van der Waals surface area contributed by atoms with Crippen LogP contribution >= 0.6 is 0 Å². The van der Waals surface area contributed by atoms with E-state index in [0.29, 0.717) is 19.7 Å². The number of likely N-dealkylation sites (tertiary alicyclic amines) is 1. The second-order valence-corrected chi connectivity index (χ2v) is 6.80. The first-order valence-electron chi connectivity index (χ1n) is 9.54. The molecule has 0 aliphatic carbocycles. The third-order valence-electron chi connectivity index (χ3n) is 5.11. The Bertz CT molecular complexity index is 967. The zero-order valence-corrected chi connectivity index (χ0v) is 16.2. The smallest absolute Gasteiger partial charge is 0.248 e. The Balaban J connectivity index is 1.69. The van der Waals surface area contributed by atoms with Gasteiger partial charge in [0.2, 0.25) is 5.91 Å². The first-order valence-corrected chi connectivity index (χ1v) is 9.54. The summed E-state index contributed by atoms with van der Waals surface area (Å²) in [5.74, 6) is 1.70. The molecule has 3 heterocycles. The van der Waals surface area contributed by atoms with Crippen molar-refractivity contribution in [1.82, 2.24) is 19.4 Å². The maximum absolute atomic E-state index is 12.4. The van der Waals surface area contributed by atoms with Crippen LogP contribution in [0.15, 0.2) is 42.6 Å². The normalized spacial score (nSPS) is 16.6. The molecule has 1 amide bonds. The van der Waals surface area contributed by atoms with Crippen LogP contribution in [0.4, 0.5) is 0 Å². The number of carbonyl (C=O) groups is 1. The minimum atomic E-state index is 0.0349. The Hall–Kier alpha value is -2.93. The van der Waals surface area contributed by atoms with E-state index in [9.17, 15) is 4.79 Å². The van der Waals surface area contributed by atoms with Gasteiger partial charge < -0.3 is 18.9 Å². The minimum Gasteiger partial charge on any atom is -0.497 e. The van der Waals surface area contributed by atoms with Crippen molar-refractivity contribution in [1.29, 1.82) is 0 Å². The van der Waals surface area contributed by atoms with Crippen molar-refractivity contribution in [3.63, 3.8) is 0 Å². The number of nitrogens with zero attached hydrogens (tertiary/aromatic N) is 4. The van der Waals surface area contributed by atoms with E-state index >= 15 is 0 Å². The van der Waals surface area contributed by atoms with E-state index in [4.69, 9.17) is 14.5 Å². The van der Waals surface area contributed by atoms with Crippen LogP contribution in [0.25, 0.3) is 22.6 Å². The summed E-state index contributed by atoms with van der Waals surface area (Å²) < 4.78 is 12.7. The van der Waals surface area contributed by atoms with Crippen molar-refractivity contribution in [2.75, 3.05) is 33.4 Å². The number of methoxy groups -OCH3 is 1. The molecule has 1 fully saturated rings. The highest BCUT2D eigenvalue weighted by atomic mass is 16.5. The molecule has 28 heavy (non-hydrogen) atoms. The van der Waals surface area contributed by atoms with Crippen LogP contribution in [-0.2, 0) is 9.53 Å². The van der Waals surface area contributed by atoms with Gasteiger partial charge in [0.25, 0.3) is 0 Å². The molecule has 0 spiro atoms. The highest BCUT2D eigenvalue weighted by Crippen LogP contribution is 2.32. The Morgan fingerprint density at radius 1 is 1.25 bits per heavy atom. The fraction of sp³-hybridized carbons (Fsp3) is 0.381. The predicted molar refractivity (Wildman–Crippen MR) is 106 cm³/mol. The van der Waals surface area contributed by atoms with Gasteiger partial charge in [0.15, 0.2) is 5.65 Å². The zero-order valence-electron chi connectivity index (χ0n) is 16.2. The third-order valence-corrected chi connectivity index (χ3v) is 5.11. The van der Waals surface area contributed by atoms with Gasteiger partial charge in [-0.25, -0.2) is 9.97 Å². The molecule has 2 aromatic heterocycles. The van der Waals surface area contributed by atoms with E-state index in [1.165, 1.54) is 0 Å². The van der Waals surface area contributed by atoms with Gasteiger partial charge in [0, 0.05) is 31.5 Å². The summed E-state index contributed by atoms with van der Waals surface area (Å²) in [7, 11) is 1.65. The third kappa shape index (κ3) is 3.45. The zero-order chi connectivity index (χ0) is 19.5. The largest absolute Gasteiger partial charge is 0.497 e. The number of hydrogen-bond donors (Lipinski definition) is 0. The first-order chi connectivity index (χ1) is 13.7. The number of benzene rings is 1. The maximum atomic E-state index is 12.4. The Morgan fingerprint density at radius 2 is 2.07 bits per heavy atom. The van der Waals surface area contributed by atoms with E-state index in [2.05, 4.69) is 9.55 Å². The lowest BCUT2D eigenvalue weighted by Gasteiger charge is -2.19. The van der Waals surface area contributed by atoms with Crippen molar-refractivity contribution in [3.05, 3.63) is 42.6 Å². The SMILES string of the molecule is CCOCC(=O)N1CC[C@H](n2c(-c3ccc(OC)cc3)nc3cccnc32)C1. The van der Waals surface area contributed by atoms with Crippen molar-refractivity contribution in [2.45, 2.75) is 19.4 Å². The van der Waals surface area contributed by atoms with Crippen LogP contribution in [-0.4, -0.2) is 58.8 Å². The lowest BCUT2D eigenvalue weighted by atomic mass is 10.2. The number of hydrogen-bond acceptors (Lipinski definition) is 5. The lowest BCUT2D eigenvalue weighted by molar-refractivity contribution is -0.135. The predicted octanol–water partition coefficient (Wildman–Crippen LogP) is 2.92. The second kappa shape index (κ2) is 7.98. The molecule has 7 nitrogen and oxygen atoms in total. The average Bonchev–Trinajstić information content (AvgIpc) is 3.36. The van der Waals surface area contributed by atoms with Crippen LogP contribution in [0.3, 0.4) is 0 Å². The highest BCUT2D eigenvalue weighted by Gasteiger charge is 2.30. The molecule has 0 radical (unpaired) electrons. The van der Waals surface area contributed by atoms with Gasteiger partial charge in [-0.05, 0) is 49.7 Å². The van der Waals surface area contributed by atoms with Crippen molar-refractivity contribution >= 4 is 17.1 Å². The molecule has 4 rings (SSSR count). The molecular formula is C21H24N4O3. The van der Waals surface area contributed by atoms with Gasteiger partial charge >= 0.3 is 0 Å². The Morgan fingerprint density at radius 3 is 2.82 bits per heavy atom. The molecule has 7 heteroatoms. The summed E-state index contributed by atoms with van der Waals surface area (Å²) in [6.07, 6.45) is 2.65. The second-order valence-electron chi connectivity index (χ2n) is 6.80. The lowest BCUT2D eigenvalue weighted by Crippen LogP contribution is -2.32. The summed E-state index contributed by atoms with van der Waals surface area (Å²) in [5, 5.41) is 0. The van der Waals surface area contributed by atoms with E-state index in [1.807, 2.05) is 48.2 Å². The number of ether oxygens (including phenoxy) is 2. The summed E-state index contributed by atoms with van der Waals surface area (Å²) in [6, 6.07) is 11.9. The van der Waals surface area contributed by atoms with Gasteiger partial charge in [-0.15, -0.1) is 0 Å². The van der Waals surface area contributed by atoms with Crippen LogP contribution in [0.5, 0.6) is 5.75 Å². The molecule has 1 aromatic carbocycles. The maximum Gasteiger partial charge on any atom is 0.248 e. The number of rotatable bonds is 6. The average molecular weight is 380 g/mol. The standard InChI is InChI=1S/C21H24N4O3/c1-3-28-14-19(26)24-12-10-16(13-24)25-20(15-6-8-17(27-2)9-7-15)23-18-5-4-11-22-21(18)25/h4-9,11,16H,3,10,12-14H2,1-2H3/t16-/m0/s1. The fourth-order valence-corrected chi connectivity index (χ4v) is 3.68. The van der Waals surface area contributed by atoms with Gasteiger partial charge in [-0.2, -0.15) is 0 Å². The fourth-order valence-electron chi connectivity index (χ4n) is 3.68. The number of pyridine rings is 1. The number of aromatic nitrogens is 3. The van der Waals surface area contributed by atoms with Crippen molar-refractivity contribution in [3.8, 4) is 17.1 Å². The number of fused-ring (bicyclic) bond motifs is 1. The molecule has 0 saturated carbocycles. The minimum absolute atomic E-state index is 0.0349. The van der Waals surface area contributed by atoms with Crippen molar-refractivity contribution < 1.29 is 14.3 Å². The van der Waals surface area contributed by atoms with Crippen molar-refractivity contribution in [2.24, 2.45) is 0 Å². The number of amides is 1. The van der Waals surface area contributed by atoms with E-state index in [1.54, 1.807) is 13.3 Å². The molecule has 0 N–H and O–H groups in total. The topological polar surface area (TPSA) is 69.5 Å². The summed E-state index contributed by atoms with van der Waals surface area (Å²) in [5.41, 5.74) is 2.70. The molecule has 1 aliphatic rings. The van der Waals surface area contributed by atoms with E-state index in [0.717, 1.165) is 34.7 Å². The van der Waals surface area contributed by atoms with Gasteiger partial charge in [-0.3, -0.25) is 4.79 Å². The quantitative estimate of drug-likeness (QED) is 0.658. The summed E-state index contributed by atoms with van der Waals surface area (Å²) >= 11 is 0. The molecule has 146 valence electrons. The van der Waals surface area contributed by atoms with Gasteiger partial charge in [-0.1, -0.05) is 0 Å². The number of imidazole rings is 1. The summed E-state index contributed by atoms with van der Waals surface area (Å²) in [4.78, 5) is 23.6. The van der Waals surface area contributed by atoms with Gasteiger partial charge in [0.05, 0.1) is 13.2 Å². The van der Waals surface area contributed by atoms with Crippen LogP contribution in [0, 0.1) is 0 Å². The van der Waals surface area contributed by atoms with Crippen LogP contribution < -0.4 is 4.74 Å². The summed E-state index contributed by atoms with van der Waals surface area (Å²) in [6.45, 7) is 3.92. The van der Waals surface area contributed by atoms with Crippen LogP contribution in [0.1, 0.15) is 19.4 Å². The monoisotopic (exact) mass is 380 g/mol. The molecule has 1 aliphatic heterocycles. The first kappa shape index (κ1) is 18.4. The van der Waals surface area contributed by atoms with E-state index < -0.39 is 0 Å². The highest BCUT2D eigenvalue weighted by molar-refractivity contribution is 5.79. The molecular weight excluding hydrogens is 356 g/mol. The Kier molecular flexibility index (Phi) is 5.25. The number of carbonyl (C=O) groups excluding carboxylic acids is 1. The molecule has 0 bridgehead atoms. The molecule has 0 unspecified atom stereocenters. The van der Waals surface area contributed by atoms with E-state index in [-0.39, 0.29) is 18.6 Å². The molecule has 3 aromatic rings.